The van der Waals surface area contributed by atoms with Crippen molar-refractivity contribution >= 4 is 76.1 Å². The number of carboxylic acids is 1. The average Bonchev–Trinajstić information content (AvgIpc) is 3.22. The Labute approximate surface area is 385 Å². The van der Waals surface area contributed by atoms with Crippen molar-refractivity contribution in [3.63, 3.8) is 0 Å². The van der Waals surface area contributed by atoms with Crippen molar-refractivity contribution in [1.29, 1.82) is 0 Å². The molecule has 1 aromatic carbocycles. The number of carbonyl (C=O) groups is 7. The second-order valence-electron chi connectivity index (χ2n) is 16.3. The molecule has 0 saturated heterocycles. The minimum absolute atomic E-state index is 0.0184. The van der Waals surface area contributed by atoms with Crippen LogP contribution in [-0.2, 0) is 52.5 Å². The lowest BCUT2D eigenvalue weighted by Crippen LogP contribution is -2.56. The van der Waals surface area contributed by atoms with E-state index in [0.717, 1.165) is 10.5 Å². The molecule has 0 heterocycles. The highest BCUT2D eigenvalue weighted by Gasteiger charge is 2.36. The van der Waals surface area contributed by atoms with Crippen LogP contribution in [0.5, 0.6) is 0 Å². The van der Waals surface area contributed by atoms with Crippen LogP contribution in [0.1, 0.15) is 94.1 Å². The second-order valence-corrected chi connectivity index (χ2v) is 17.2. The zero-order chi connectivity index (χ0) is 47.6. The number of carbonyl (C=O) groups excluding carboxylic acids is 6. The molecule has 62 heavy (non-hydrogen) atoms. The Bertz CT molecular complexity index is 1760. The van der Waals surface area contributed by atoms with E-state index in [1.165, 1.54) is 32.8 Å². The minimum Gasteiger partial charge on any atom is -0.480 e. The lowest BCUT2D eigenvalue weighted by molar-refractivity contribution is -0.154. The molecule has 0 aliphatic heterocycles. The molecule has 0 aliphatic carbocycles. The van der Waals surface area contributed by atoms with Gasteiger partial charge >= 0.3 is 17.9 Å². The van der Waals surface area contributed by atoms with E-state index in [1.54, 1.807) is 74.1 Å². The normalized spacial score (nSPS) is 16.3. The van der Waals surface area contributed by atoms with E-state index in [0.29, 0.717) is 17.0 Å². The SMILES string of the molecule is C/C=C(\C)[C@@H](OC(=O)[C@@H](C)N)[C@@H](C)[C@H](C/C=C(\C)C(=O)O[C@H](CC(C)C)C(=O)N[C@@H](C)C(=O)N(C)[C@H](Cc1ccc(Cl)cc1)C(=O)N(C)CC(=O)NC(C(=O)O)C(C)CC)OI. The topological polar surface area (TPSA) is 224 Å². The predicted octanol–water partition coefficient (Wildman–Crippen LogP) is 5.18. The highest BCUT2D eigenvalue weighted by molar-refractivity contribution is 14.1. The third-order valence-electron chi connectivity index (χ3n) is 10.6. The number of ether oxygens (including phenoxy) is 2. The summed E-state index contributed by atoms with van der Waals surface area (Å²) >= 11 is 7.85. The number of rotatable bonds is 25. The third-order valence-corrected chi connectivity index (χ3v) is 11.5. The van der Waals surface area contributed by atoms with Crippen molar-refractivity contribution < 1.29 is 51.2 Å². The van der Waals surface area contributed by atoms with Crippen LogP contribution in [-0.4, -0.2) is 120 Å². The Kier molecular flexibility index (Phi) is 24.5. The molecule has 0 radical (unpaired) electrons. The maximum absolute atomic E-state index is 14.0. The van der Waals surface area contributed by atoms with E-state index in [4.69, 9.17) is 29.9 Å². The molecule has 4 amide bonds. The van der Waals surface area contributed by atoms with Crippen LogP contribution in [0.25, 0.3) is 0 Å². The fraction of sp³-hybridized carbons (Fsp3) is 0.614. The molecule has 0 spiro atoms. The Balaban J connectivity index is 3.26. The fourth-order valence-electron chi connectivity index (χ4n) is 6.28. The molecule has 0 aliphatic rings. The summed E-state index contributed by atoms with van der Waals surface area (Å²) in [6.07, 6.45) is 1.95. The Morgan fingerprint density at radius 2 is 1.53 bits per heavy atom. The molecule has 0 bridgehead atoms. The van der Waals surface area contributed by atoms with Gasteiger partial charge in [0.2, 0.25) is 17.7 Å². The first-order valence-electron chi connectivity index (χ1n) is 20.7. The van der Waals surface area contributed by atoms with E-state index in [-0.39, 0.29) is 42.6 Å². The van der Waals surface area contributed by atoms with Gasteiger partial charge in [0.25, 0.3) is 5.91 Å². The van der Waals surface area contributed by atoms with Crippen molar-refractivity contribution in [2.24, 2.45) is 23.5 Å². The predicted molar refractivity (Wildman–Crippen MR) is 245 cm³/mol. The third kappa shape index (κ3) is 18.0. The molecule has 18 heteroatoms. The summed E-state index contributed by atoms with van der Waals surface area (Å²) in [5.74, 6) is -5.99. The number of halogens is 2. The lowest BCUT2D eigenvalue weighted by Gasteiger charge is -2.33. The van der Waals surface area contributed by atoms with Crippen molar-refractivity contribution in [1.82, 2.24) is 20.4 Å². The number of hydrogen-bond acceptors (Lipinski definition) is 11. The van der Waals surface area contributed by atoms with Gasteiger partial charge < -0.3 is 43.8 Å². The standard InChI is InChI=1S/C44H67ClIN5O11/c1-13-25(5)37(42(56)57)49-36(52)23-50(11)41(55)33(22-31-16-18-32(45)19-17-31)51(12)40(54)30(10)48-39(53)35(21-24(3)4)60-43(58)27(7)15-20-34(62-46)28(8)38(26(6)14-2)61-44(59)29(9)47/h14-19,24-25,28-30,33-35,37-38H,13,20-23,47H2,1-12H3,(H,48,53)(H,49,52)(H,56,57)/b26-14+,27-15+/t25?,28-,29+,30-,33+,34-,35+,37?,38+/m0/s1. The number of amides is 4. The fourth-order valence-corrected chi connectivity index (χ4v) is 7.08. The average molecular weight is 1000 g/mol. The van der Waals surface area contributed by atoms with E-state index in [1.807, 2.05) is 40.7 Å². The molecule has 0 saturated carbocycles. The first kappa shape index (κ1) is 55.9. The van der Waals surface area contributed by atoms with Gasteiger partial charge in [0.1, 0.15) is 53.3 Å². The Morgan fingerprint density at radius 1 is 0.935 bits per heavy atom. The monoisotopic (exact) mass is 1000 g/mol. The number of allylic oxidation sites excluding steroid dienone is 1. The first-order valence-corrected chi connectivity index (χ1v) is 22.0. The number of nitrogens with zero attached hydrogens (tertiary/aromatic N) is 2. The summed E-state index contributed by atoms with van der Waals surface area (Å²) < 4.78 is 17.1. The summed E-state index contributed by atoms with van der Waals surface area (Å²) in [5, 5.41) is 15.2. The minimum atomic E-state index is -1.28. The van der Waals surface area contributed by atoms with Crippen LogP contribution in [0, 0.1) is 17.8 Å². The van der Waals surface area contributed by atoms with Gasteiger partial charge in [-0.3, -0.25) is 24.0 Å². The summed E-state index contributed by atoms with van der Waals surface area (Å²) in [7, 11) is 2.77. The molecular formula is C44H67ClIN5O11. The number of nitrogens with two attached hydrogens (primary N) is 1. The number of nitrogens with one attached hydrogen (secondary N) is 2. The molecule has 0 aromatic heterocycles. The molecule has 0 fully saturated rings. The molecule has 348 valence electrons. The number of hydrogen-bond donors (Lipinski definition) is 4. The zero-order valence-corrected chi connectivity index (χ0v) is 40.9. The molecule has 9 atom stereocenters. The highest BCUT2D eigenvalue weighted by Crippen LogP contribution is 2.27. The van der Waals surface area contributed by atoms with Crippen LogP contribution < -0.4 is 16.4 Å². The molecule has 16 nitrogen and oxygen atoms in total. The van der Waals surface area contributed by atoms with Gasteiger partial charge in [-0.2, -0.15) is 0 Å². The van der Waals surface area contributed by atoms with Gasteiger partial charge in [-0.25, -0.2) is 9.59 Å². The number of carboxylic acid groups (broad SMARTS) is 1. The van der Waals surface area contributed by atoms with Gasteiger partial charge in [-0.15, -0.1) is 0 Å². The summed E-state index contributed by atoms with van der Waals surface area (Å²) in [6, 6.07) is 2.34. The van der Waals surface area contributed by atoms with Crippen molar-refractivity contribution in [3.8, 4) is 0 Å². The van der Waals surface area contributed by atoms with Gasteiger partial charge in [0.15, 0.2) is 6.10 Å². The smallest absolute Gasteiger partial charge is 0.334 e. The van der Waals surface area contributed by atoms with E-state index >= 15 is 0 Å². The van der Waals surface area contributed by atoms with Crippen molar-refractivity contribution in [3.05, 3.63) is 58.1 Å². The van der Waals surface area contributed by atoms with Crippen LogP contribution in [0.15, 0.2) is 47.6 Å². The van der Waals surface area contributed by atoms with Gasteiger partial charge in [-0.1, -0.05) is 76.9 Å². The van der Waals surface area contributed by atoms with Crippen LogP contribution in [0.3, 0.4) is 0 Å². The molecule has 1 rings (SSSR count). The number of likely N-dealkylation sites (N-methyl/N-ethyl adjacent to an activating group) is 2. The second kappa shape index (κ2) is 27.2. The Morgan fingerprint density at radius 3 is 2.03 bits per heavy atom. The maximum atomic E-state index is 14.0. The highest BCUT2D eigenvalue weighted by atomic mass is 127. The Hall–Kier alpha value is -4.07. The number of aliphatic carboxylic acids is 1. The molecule has 5 N–H and O–H groups in total. The number of esters is 2. The first-order chi connectivity index (χ1) is 28.9. The van der Waals surface area contributed by atoms with Gasteiger partial charge in [0.05, 0.1) is 12.6 Å². The molecule has 2 unspecified atom stereocenters. The molecule has 1 aromatic rings. The summed E-state index contributed by atoms with van der Waals surface area (Å²) in [5.41, 5.74) is 7.40. The van der Waals surface area contributed by atoms with Crippen molar-refractivity contribution in [2.75, 3.05) is 20.6 Å². The van der Waals surface area contributed by atoms with E-state index in [9.17, 15) is 38.7 Å². The van der Waals surface area contributed by atoms with E-state index in [2.05, 4.69) is 10.6 Å². The van der Waals surface area contributed by atoms with Gasteiger partial charge in [0, 0.05) is 37.0 Å². The number of benzene rings is 1. The quantitative estimate of drug-likeness (QED) is 0.0431. The summed E-state index contributed by atoms with van der Waals surface area (Å²) in [6.45, 7) is 16.8. The van der Waals surface area contributed by atoms with Crippen LogP contribution >= 0.6 is 34.6 Å². The van der Waals surface area contributed by atoms with Crippen LogP contribution in [0.2, 0.25) is 5.02 Å². The van der Waals surface area contributed by atoms with Crippen molar-refractivity contribution in [2.45, 2.75) is 137 Å². The van der Waals surface area contributed by atoms with E-state index < -0.39 is 90.6 Å². The lowest BCUT2D eigenvalue weighted by atomic mass is 9.90. The maximum Gasteiger partial charge on any atom is 0.334 e. The summed E-state index contributed by atoms with van der Waals surface area (Å²) in [4.78, 5) is 94.5. The van der Waals surface area contributed by atoms with Crippen LogP contribution in [0.4, 0.5) is 0 Å². The largest absolute Gasteiger partial charge is 0.480 e. The van der Waals surface area contributed by atoms with Gasteiger partial charge in [-0.05, 0) is 82.6 Å². The zero-order valence-electron chi connectivity index (χ0n) is 38.0. The molecular weight excluding hydrogens is 937 g/mol.